The molecule has 0 bridgehead atoms. The van der Waals surface area contributed by atoms with Crippen molar-refractivity contribution in [1.82, 2.24) is 4.90 Å². The lowest BCUT2D eigenvalue weighted by molar-refractivity contribution is 0.174. The second-order valence-corrected chi connectivity index (χ2v) is 4.48. The SMILES string of the molecule is CCCN(C)CC(N)c1ccc2c(c1)OCO2. The van der Waals surface area contributed by atoms with Gasteiger partial charge in [-0.1, -0.05) is 13.0 Å². The minimum absolute atomic E-state index is 0.0149. The van der Waals surface area contributed by atoms with Crippen molar-refractivity contribution in [2.75, 3.05) is 26.9 Å². The number of rotatable bonds is 5. The van der Waals surface area contributed by atoms with Crippen LogP contribution < -0.4 is 15.2 Å². The first kappa shape index (κ1) is 12.2. The van der Waals surface area contributed by atoms with E-state index < -0.39 is 0 Å². The molecule has 0 radical (unpaired) electrons. The molecule has 0 aliphatic carbocycles. The summed E-state index contributed by atoms with van der Waals surface area (Å²) in [5.41, 5.74) is 7.28. The first-order chi connectivity index (χ1) is 8.20. The number of fused-ring (bicyclic) bond motifs is 1. The van der Waals surface area contributed by atoms with Crippen LogP contribution in [0.2, 0.25) is 0 Å². The summed E-state index contributed by atoms with van der Waals surface area (Å²) < 4.78 is 10.6. The highest BCUT2D eigenvalue weighted by Crippen LogP contribution is 2.33. The summed E-state index contributed by atoms with van der Waals surface area (Å²) in [5, 5.41) is 0. The van der Waals surface area contributed by atoms with Crippen LogP contribution in [0, 0.1) is 0 Å². The lowest BCUT2D eigenvalue weighted by Crippen LogP contribution is -2.29. The van der Waals surface area contributed by atoms with Crippen molar-refractivity contribution in [2.45, 2.75) is 19.4 Å². The van der Waals surface area contributed by atoms with Gasteiger partial charge in [0.2, 0.25) is 6.79 Å². The molecule has 0 amide bonds. The molecule has 2 N–H and O–H groups in total. The molecule has 2 rings (SSSR count). The van der Waals surface area contributed by atoms with Crippen LogP contribution in [0.1, 0.15) is 24.9 Å². The first-order valence-electron chi connectivity index (χ1n) is 6.04. The van der Waals surface area contributed by atoms with E-state index in [-0.39, 0.29) is 6.04 Å². The number of nitrogens with two attached hydrogens (primary N) is 1. The Bertz CT molecular complexity index is 382. The molecule has 94 valence electrons. The van der Waals surface area contributed by atoms with E-state index in [1.54, 1.807) is 0 Å². The van der Waals surface area contributed by atoms with Gasteiger partial charge in [0.1, 0.15) is 0 Å². The molecule has 1 unspecified atom stereocenters. The van der Waals surface area contributed by atoms with Gasteiger partial charge >= 0.3 is 0 Å². The topological polar surface area (TPSA) is 47.7 Å². The van der Waals surface area contributed by atoms with Crippen LogP contribution in [-0.4, -0.2) is 31.8 Å². The molecule has 1 aromatic carbocycles. The molecule has 1 aromatic rings. The van der Waals surface area contributed by atoms with Gasteiger partial charge in [-0.2, -0.15) is 0 Å². The highest BCUT2D eigenvalue weighted by atomic mass is 16.7. The van der Waals surface area contributed by atoms with E-state index >= 15 is 0 Å². The molecule has 1 aliphatic rings. The number of hydrogen-bond acceptors (Lipinski definition) is 4. The zero-order chi connectivity index (χ0) is 12.3. The lowest BCUT2D eigenvalue weighted by atomic mass is 10.1. The van der Waals surface area contributed by atoms with Crippen molar-refractivity contribution in [3.05, 3.63) is 23.8 Å². The van der Waals surface area contributed by atoms with Crippen LogP contribution in [0.15, 0.2) is 18.2 Å². The molecule has 1 atom stereocenters. The van der Waals surface area contributed by atoms with Crippen molar-refractivity contribution in [1.29, 1.82) is 0 Å². The van der Waals surface area contributed by atoms with E-state index in [0.29, 0.717) is 6.79 Å². The number of likely N-dealkylation sites (N-methyl/N-ethyl adjacent to an activating group) is 1. The van der Waals surface area contributed by atoms with Crippen LogP contribution in [0.4, 0.5) is 0 Å². The Morgan fingerprint density at radius 2 is 2.12 bits per heavy atom. The number of hydrogen-bond donors (Lipinski definition) is 1. The molecule has 4 nitrogen and oxygen atoms in total. The fraction of sp³-hybridized carbons (Fsp3) is 0.538. The quantitative estimate of drug-likeness (QED) is 0.846. The molecule has 17 heavy (non-hydrogen) atoms. The fourth-order valence-corrected chi connectivity index (χ4v) is 2.06. The van der Waals surface area contributed by atoms with Gasteiger partial charge in [0, 0.05) is 12.6 Å². The van der Waals surface area contributed by atoms with Crippen LogP contribution in [-0.2, 0) is 0 Å². The summed E-state index contributed by atoms with van der Waals surface area (Å²) in [6.07, 6.45) is 1.14. The minimum atomic E-state index is 0.0149. The van der Waals surface area contributed by atoms with Crippen LogP contribution in [0.3, 0.4) is 0 Å². The molecular formula is C13H20N2O2. The lowest BCUT2D eigenvalue weighted by Gasteiger charge is -2.21. The second kappa shape index (κ2) is 5.38. The van der Waals surface area contributed by atoms with E-state index in [1.165, 1.54) is 0 Å². The zero-order valence-corrected chi connectivity index (χ0v) is 10.5. The zero-order valence-electron chi connectivity index (χ0n) is 10.5. The third kappa shape index (κ3) is 2.90. The Morgan fingerprint density at radius 1 is 1.35 bits per heavy atom. The first-order valence-corrected chi connectivity index (χ1v) is 6.04. The van der Waals surface area contributed by atoms with Gasteiger partial charge in [0.15, 0.2) is 11.5 Å². The normalized spacial score (nSPS) is 15.3. The highest BCUT2D eigenvalue weighted by Gasteiger charge is 2.16. The Balaban J connectivity index is 2.01. The maximum Gasteiger partial charge on any atom is 0.231 e. The van der Waals surface area contributed by atoms with Gasteiger partial charge in [-0.25, -0.2) is 0 Å². The minimum Gasteiger partial charge on any atom is -0.454 e. The molecule has 0 aromatic heterocycles. The van der Waals surface area contributed by atoms with Crippen LogP contribution >= 0.6 is 0 Å². The van der Waals surface area contributed by atoms with Gasteiger partial charge in [0.05, 0.1) is 0 Å². The molecule has 0 saturated heterocycles. The molecule has 0 saturated carbocycles. The summed E-state index contributed by atoms with van der Waals surface area (Å²) in [5.74, 6) is 1.61. The molecule has 1 aliphatic heterocycles. The molecule has 4 heteroatoms. The third-order valence-electron chi connectivity index (χ3n) is 2.94. The van der Waals surface area contributed by atoms with Crippen molar-refractivity contribution in [3.8, 4) is 11.5 Å². The summed E-state index contributed by atoms with van der Waals surface area (Å²) in [7, 11) is 2.09. The average molecular weight is 236 g/mol. The smallest absolute Gasteiger partial charge is 0.231 e. The van der Waals surface area contributed by atoms with E-state index in [2.05, 4.69) is 18.9 Å². The Labute approximate surface area is 102 Å². The van der Waals surface area contributed by atoms with Gasteiger partial charge in [-0.05, 0) is 37.7 Å². The van der Waals surface area contributed by atoms with Gasteiger partial charge in [-0.3, -0.25) is 0 Å². The van der Waals surface area contributed by atoms with Gasteiger partial charge < -0.3 is 20.1 Å². The van der Waals surface area contributed by atoms with E-state index in [9.17, 15) is 0 Å². The highest BCUT2D eigenvalue weighted by molar-refractivity contribution is 5.45. The molecular weight excluding hydrogens is 216 g/mol. The number of benzene rings is 1. The Kier molecular flexibility index (Phi) is 3.86. The summed E-state index contributed by atoms with van der Waals surface area (Å²) in [6.45, 7) is 4.40. The second-order valence-electron chi connectivity index (χ2n) is 4.48. The predicted octanol–water partition coefficient (Wildman–Crippen LogP) is 1.76. The predicted molar refractivity (Wildman–Crippen MR) is 67.3 cm³/mol. The van der Waals surface area contributed by atoms with E-state index in [4.69, 9.17) is 15.2 Å². The van der Waals surface area contributed by atoms with Gasteiger partial charge in [-0.15, -0.1) is 0 Å². The molecule has 1 heterocycles. The van der Waals surface area contributed by atoms with E-state index in [0.717, 1.165) is 36.6 Å². The number of nitrogens with zero attached hydrogens (tertiary/aromatic N) is 1. The average Bonchev–Trinajstić information content (AvgIpc) is 2.75. The Hall–Kier alpha value is -1.26. The summed E-state index contributed by atoms with van der Waals surface area (Å²) in [6, 6.07) is 5.93. The number of ether oxygens (including phenoxy) is 2. The van der Waals surface area contributed by atoms with Crippen molar-refractivity contribution in [2.24, 2.45) is 5.73 Å². The van der Waals surface area contributed by atoms with Crippen LogP contribution in [0.25, 0.3) is 0 Å². The summed E-state index contributed by atoms with van der Waals surface area (Å²) in [4.78, 5) is 2.25. The fourth-order valence-electron chi connectivity index (χ4n) is 2.06. The van der Waals surface area contributed by atoms with Crippen molar-refractivity contribution >= 4 is 0 Å². The molecule has 0 fully saturated rings. The van der Waals surface area contributed by atoms with Crippen molar-refractivity contribution in [3.63, 3.8) is 0 Å². The largest absolute Gasteiger partial charge is 0.454 e. The van der Waals surface area contributed by atoms with Crippen LogP contribution in [0.5, 0.6) is 11.5 Å². The summed E-state index contributed by atoms with van der Waals surface area (Å²) >= 11 is 0. The Morgan fingerprint density at radius 3 is 2.88 bits per heavy atom. The van der Waals surface area contributed by atoms with Crippen molar-refractivity contribution < 1.29 is 9.47 Å². The maximum absolute atomic E-state index is 6.18. The maximum atomic E-state index is 6.18. The third-order valence-corrected chi connectivity index (χ3v) is 2.94. The monoisotopic (exact) mass is 236 g/mol. The standard InChI is InChI=1S/C13H20N2O2/c1-3-6-15(2)8-11(14)10-4-5-12-13(7-10)17-9-16-12/h4-5,7,11H,3,6,8-9,14H2,1-2H3. The van der Waals surface area contributed by atoms with E-state index in [1.807, 2.05) is 18.2 Å². The van der Waals surface area contributed by atoms with Gasteiger partial charge in [0.25, 0.3) is 0 Å². The molecule has 0 spiro atoms.